The molecule has 0 bridgehead atoms. The summed E-state index contributed by atoms with van der Waals surface area (Å²) in [6.45, 7) is 11.8. The first kappa shape index (κ1) is 95.0. The van der Waals surface area contributed by atoms with Gasteiger partial charge in [-0.15, -0.1) is 6.58 Å². The van der Waals surface area contributed by atoms with Gasteiger partial charge in [-0.05, 0) is 154 Å². The Labute approximate surface area is 651 Å². The number of amides is 8. The molecule has 0 aliphatic rings. The van der Waals surface area contributed by atoms with Crippen LogP contribution in [0.5, 0.6) is 0 Å². The molecule has 33 heteroatoms. The third-order valence-electron chi connectivity index (χ3n) is 17.3. The van der Waals surface area contributed by atoms with E-state index >= 15 is 0 Å². The number of rotatable bonds is 62. The van der Waals surface area contributed by atoms with E-state index in [0.29, 0.717) is 58.0 Å². The van der Waals surface area contributed by atoms with Crippen molar-refractivity contribution in [2.75, 3.05) is 90.2 Å². The van der Waals surface area contributed by atoms with Gasteiger partial charge in [0.1, 0.15) is 18.1 Å². The second-order valence-electron chi connectivity index (χ2n) is 26.3. The van der Waals surface area contributed by atoms with Gasteiger partial charge in [0.15, 0.2) is 0 Å². The molecule has 606 valence electrons. The minimum Gasteiger partial charge on any atom is -0.481 e. The molecule has 0 fully saturated rings. The highest BCUT2D eigenvalue weighted by Gasteiger charge is 2.32. The summed E-state index contributed by atoms with van der Waals surface area (Å²) >= 11 is 2.22. The lowest BCUT2D eigenvalue weighted by atomic mass is 9.97. The highest BCUT2D eigenvalue weighted by molar-refractivity contribution is 14.1. The summed E-state index contributed by atoms with van der Waals surface area (Å²) in [6.07, 6.45) is 3.03. The van der Waals surface area contributed by atoms with E-state index in [9.17, 15) is 82.3 Å². The summed E-state index contributed by atoms with van der Waals surface area (Å²) in [7, 11) is -4.38. The Hall–Kier alpha value is -8.24. The molecule has 0 aromatic heterocycles. The maximum absolute atomic E-state index is 13.8. The average molecular weight is 1660 g/mol. The number of allylic oxidation sites excluding steroid dienone is 1. The monoisotopic (exact) mass is 1660 g/mol. The maximum Gasteiger partial charge on any atom is 0.328 e. The van der Waals surface area contributed by atoms with Gasteiger partial charge >= 0.3 is 31.5 Å². The second kappa shape index (κ2) is 55.2. The molecule has 12 N–H and O–H groups in total. The predicted octanol–water partition coefficient (Wildman–Crippen LogP) is 7.00. The standard InChI is InChI=1S/C76H112IN8O23P/c1-5-53(2)60-21-10-11-23-64(60)85(51-57-20-9-8-17-54(57)3)71(92)36-35-67(88)80-41-44-105-46-48-107-50-49-106-47-45-104-43-38-70(91)82-61(73(95)84-62(75(98)99)22-12-14-40-78-65(86)25-15-19-56-26-29-59(77)30-27-56)31-33-66(87)79-39-13-6-7-24-68(89)83-63(76(100)101)32-34-69(90)81-55(4)18-16-42-108-109(102,103)52-58(74(96)97)28-37-72(93)94/h5,8-11,17,20-21,23,26-27,29-30,53,55,58,61-63H,1,6-7,12-16,18-19,22,24-25,28,31-52H2,2-4H3,(H,78,86)(H,79,87)(H,80,88)(H,81,90)(H,82,91)(H,83,89)(H,84,95)(H,93,94)(H,96,97)(H,98,99)(H,100,101)(H,102,103)/t53?,55-,58?,61?,62?,63+/m1/s1. The molecule has 0 aliphatic heterocycles. The summed E-state index contributed by atoms with van der Waals surface area (Å²) in [6, 6.07) is 19.1. The normalized spacial score (nSPS) is 13.3. The van der Waals surface area contributed by atoms with Crippen LogP contribution >= 0.6 is 30.2 Å². The Bertz CT molecular complexity index is 3400. The topological polar surface area (TPSA) is 457 Å². The molecular formula is C76H112IN8O23P. The van der Waals surface area contributed by atoms with Gasteiger partial charge < -0.3 is 90.9 Å². The van der Waals surface area contributed by atoms with Crippen LogP contribution < -0.4 is 42.1 Å². The lowest BCUT2D eigenvalue weighted by Gasteiger charge is -2.27. The molecule has 3 aromatic rings. The third kappa shape index (κ3) is 43.7. The first-order chi connectivity index (χ1) is 52.1. The number of carbonyl (C=O) groups excluding carboxylic acids is 8. The van der Waals surface area contributed by atoms with Gasteiger partial charge in [0.05, 0.1) is 78.1 Å². The van der Waals surface area contributed by atoms with Gasteiger partial charge in [-0.3, -0.25) is 52.5 Å². The molecule has 0 heterocycles. The Morgan fingerprint density at radius 2 is 1.05 bits per heavy atom. The van der Waals surface area contributed by atoms with Crippen LogP contribution in [0.25, 0.3) is 0 Å². The largest absolute Gasteiger partial charge is 0.481 e. The predicted molar refractivity (Wildman–Crippen MR) is 413 cm³/mol. The van der Waals surface area contributed by atoms with Crippen LogP contribution in [0.4, 0.5) is 5.69 Å². The van der Waals surface area contributed by atoms with Crippen LogP contribution in [0.3, 0.4) is 0 Å². The van der Waals surface area contributed by atoms with Crippen LogP contribution in [0.15, 0.2) is 85.5 Å². The molecule has 0 saturated heterocycles. The fourth-order valence-electron chi connectivity index (χ4n) is 11.0. The summed E-state index contributed by atoms with van der Waals surface area (Å²) in [4.78, 5) is 163. The third-order valence-corrected chi connectivity index (χ3v) is 19.5. The van der Waals surface area contributed by atoms with Gasteiger partial charge in [0, 0.05) is 92.2 Å². The molecular weight excluding hydrogens is 1550 g/mol. The average Bonchev–Trinajstić information content (AvgIpc) is 0.809. The number of hydrogen-bond acceptors (Lipinski definition) is 18. The van der Waals surface area contributed by atoms with Crippen molar-refractivity contribution < 1.29 is 111 Å². The summed E-state index contributed by atoms with van der Waals surface area (Å²) in [5.74, 6) is -10.4. The van der Waals surface area contributed by atoms with Crippen molar-refractivity contribution in [1.82, 2.24) is 37.2 Å². The quantitative estimate of drug-likeness (QED) is 0.0117. The van der Waals surface area contributed by atoms with E-state index < -0.39 is 104 Å². The van der Waals surface area contributed by atoms with Gasteiger partial charge in [-0.1, -0.05) is 74.0 Å². The molecule has 0 aliphatic carbocycles. The number of hydrogen-bond donors (Lipinski definition) is 12. The summed E-state index contributed by atoms with van der Waals surface area (Å²) in [5.41, 5.74) is 4.92. The first-order valence-corrected chi connectivity index (χ1v) is 39.9. The van der Waals surface area contributed by atoms with Crippen LogP contribution in [0.2, 0.25) is 0 Å². The lowest BCUT2D eigenvalue weighted by molar-refractivity contribution is -0.143. The number of aryl methyl sites for hydroxylation is 2. The van der Waals surface area contributed by atoms with E-state index in [1.165, 1.54) is 0 Å². The summed E-state index contributed by atoms with van der Waals surface area (Å²) < 4.78 is 40.8. The number of carboxylic acids is 4. The number of anilines is 1. The van der Waals surface area contributed by atoms with Crippen LogP contribution in [-0.4, -0.2) is 206 Å². The van der Waals surface area contributed by atoms with Crippen LogP contribution in [0, 0.1) is 16.4 Å². The molecule has 7 atom stereocenters. The minimum absolute atomic E-state index is 0.000796. The van der Waals surface area contributed by atoms with E-state index in [0.717, 1.165) is 37.9 Å². The molecule has 3 rings (SSSR count). The van der Waals surface area contributed by atoms with Crippen molar-refractivity contribution in [3.05, 3.63) is 111 Å². The smallest absolute Gasteiger partial charge is 0.328 e. The number of para-hydroxylation sites is 1. The van der Waals surface area contributed by atoms with Crippen molar-refractivity contribution in [2.45, 2.75) is 192 Å². The van der Waals surface area contributed by atoms with E-state index in [2.05, 4.69) is 66.4 Å². The van der Waals surface area contributed by atoms with Crippen LogP contribution in [0.1, 0.15) is 170 Å². The number of unbranched alkanes of at least 4 members (excludes halogenated alkanes) is 3. The number of halogens is 1. The number of nitrogens with zero attached hydrogens (tertiary/aromatic N) is 1. The molecule has 5 unspecified atom stereocenters. The fraction of sp³-hybridized carbons (Fsp3) is 0.579. The van der Waals surface area contributed by atoms with E-state index in [4.69, 9.17) is 28.6 Å². The molecule has 3 aromatic carbocycles. The molecule has 8 amide bonds. The van der Waals surface area contributed by atoms with Gasteiger partial charge in [0.25, 0.3) is 0 Å². The molecule has 0 spiro atoms. The van der Waals surface area contributed by atoms with Gasteiger partial charge in [-0.25, -0.2) is 9.59 Å². The maximum atomic E-state index is 13.8. The van der Waals surface area contributed by atoms with E-state index in [1.54, 1.807) is 11.8 Å². The van der Waals surface area contributed by atoms with E-state index in [-0.39, 0.29) is 173 Å². The number of benzene rings is 3. The number of carbonyl (C=O) groups is 12. The Kier molecular flexibility index (Phi) is 48.1. The van der Waals surface area contributed by atoms with Crippen molar-refractivity contribution in [3.8, 4) is 0 Å². The zero-order valence-electron chi connectivity index (χ0n) is 62.8. The lowest BCUT2D eigenvalue weighted by Crippen LogP contribution is -2.52. The Morgan fingerprint density at radius 3 is 1.69 bits per heavy atom. The SMILES string of the molecule is C=CC(C)c1ccccc1N(Cc1ccccc1C)C(=O)CCC(=O)NCCOCCOCCOCCOCCC(=O)NC(CCC(=O)NCCCCCC(=O)N[C@@H](CCC(=O)N[C@H](C)CCCOP(=O)(O)CC(CCC(=O)O)C(=O)O)C(=O)O)C(=O)NC(CCCCNC(=O)CCCc1ccc(I)cc1)C(=O)O. The number of nitrogens with one attached hydrogen (secondary N) is 7. The van der Waals surface area contributed by atoms with Gasteiger partial charge in [-0.2, -0.15) is 0 Å². The highest BCUT2D eigenvalue weighted by Crippen LogP contribution is 2.45. The summed E-state index contributed by atoms with van der Waals surface area (Å²) in [5, 5.41) is 56.5. The van der Waals surface area contributed by atoms with Crippen molar-refractivity contribution in [3.63, 3.8) is 0 Å². The molecule has 0 radical (unpaired) electrons. The first-order valence-electron chi connectivity index (χ1n) is 37.0. The molecule has 109 heavy (non-hydrogen) atoms. The Morgan fingerprint density at radius 1 is 0.505 bits per heavy atom. The highest BCUT2D eigenvalue weighted by atomic mass is 127. The van der Waals surface area contributed by atoms with Crippen molar-refractivity contribution in [2.24, 2.45) is 5.92 Å². The molecule has 31 nitrogen and oxygen atoms in total. The fourth-order valence-corrected chi connectivity index (χ4v) is 12.8. The Balaban J connectivity index is 1.37. The van der Waals surface area contributed by atoms with E-state index in [1.807, 2.05) is 92.7 Å². The van der Waals surface area contributed by atoms with Crippen molar-refractivity contribution in [1.29, 1.82) is 0 Å². The zero-order chi connectivity index (χ0) is 80.4. The van der Waals surface area contributed by atoms with Crippen LogP contribution in [-0.2, 0) is 98.5 Å². The second-order valence-corrected chi connectivity index (χ2v) is 29.5. The zero-order valence-corrected chi connectivity index (χ0v) is 65.8. The minimum atomic E-state index is -4.38. The molecule has 0 saturated carbocycles. The van der Waals surface area contributed by atoms with Crippen molar-refractivity contribution >= 4 is 107 Å². The number of carboxylic acid groups (broad SMARTS) is 4. The number of aliphatic carboxylic acids is 4. The number of ether oxygens (including phenoxy) is 4. The van der Waals surface area contributed by atoms with Gasteiger partial charge in [0.2, 0.25) is 47.3 Å².